The number of nitrogens with one attached hydrogen (secondary N) is 2. The largest absolute Gasteiger partial charge is 0.355 e. The molecule has 1 aromatic heterocycles. The summed E-state index contributed by atoms with van der Waals surface area (Å²) >= 11 is 0. The molecular formula is C16H32IN7. The zero-order valence-electron chi connectivity index (χ0n) is 15.0. The Labute approximate surface area is 162 Å². The fourth-order valence-electron chi connectivity index (χ4n) is 2.95. The van der Waals surface area contributed by atoms with Gasteiger partial charge in [-0.2, -0.15) is 0 Å². The van der Waals surface area contributed by atoms with Gasteiger partial charge in [-0.1, -0.05) is 19.8 Å². The van der Waals surface area contributed by atoms with Gasteiger partial charge in [0.05, 0.1) is 0 Å². The number of hydrogen-bond donors (Lipinski definition) is 2. The fourth-order valence-corrected chi connectivity index (χ4v) is 2.95. The first kappa shape index (κ1) is 21.1. The fraction of sp³-hybridized carbons (Fsp3) is 0.812. The van der Waals surface area contributed by atoms with Crippen LogP contribution in [0.15, 0.2) is 11.3 Å². The third kappa shape index (κ3) is 7.33. The monoisotopic (exact) mass is 449 g/mol. The van der Waals surface area contributed by atoms with Crippen molar-refractivity contribution < 1.29 is 0 Å². The Morgan fingerprint density at radius 3 is 2.42 bits per heavy atom. The Balaban J connectivity index is 0.00000288. The molecule has 138 valence electrons. The molecule has 0 radical (unpaired) electrons. The Morgan fingerprint density at radius 1 is 1.12 bits per heavy atom. The topological polar surface area (TPSA) is 70.4 Å². The Morgan fingerprint density at radius 2 is 1.79 bits per heavy atom. The molecule has 1 fully saturated rings. The number of guanidine groups is 1. The van der Waals surface area contributed by atoms with Crippen molar-refractivity contribution in [1.29, 1.82) is 0 Å². The molecule has 1 aliphatic heterocycles. The van der Waals surface area contributed by atoms with Crippen LogP contribution in [0.2, 0.25) is 0 Å². The van der Waals surface area contributed by atoms with Gasteiger partial charge < -0.3 is 20.1 Å². The van der Waals surface area contributed by atoms with Gasteiger partial charge >= 0.3 is 0 Å². The Kier molecular flexibility index (Phi) is 11.0. The standard InChI is InChI=1S/C16H31N7.HI/c1-3-15-21-20-14-23(15)13-9-19-16(17-2)18-8-12-22-10-6-4-5-7-11-22;/h14H,3-13H2,1-2H3,(H2,17,18,19);1H. The number of aryl methyl sites for hydroxylation is 1. The molecule has 0 bridgehead atoms. The van der Waals surface area contributed by atoms with E-state index in [0.717, 1.165) is 44.4 Å². The number of halogens is 1. The van der Waals surface area contributed by atoms with Gasteiger partial charge in [0.2, 0.25) is 0 Å². The van der Waals surface area contributed by atoms with Gasteiger partial charge in [-0.25, -0.2) is 0 Å². The predicted molar refractivity (Wildman–Crippen MR) is 109 cm³/mol. The van der Waals surface area contributed by atoms with Crippen molar-refractivity contribution in [1.82, 2.24) is 30.3 Å². The maximum atomic E-state index is 4.29. The van der Waals surface area contributed by atoms with Gasteiger partial charge in [0, 0.05) is 39.6 Å². The van der Waals surface area contributed by atoms with Crippen LogP contribution in [0.5, 0.6) is 0 Å². The van der Waals surface area contributed by atoms with Crippen LogP contribution >= 0.6 is 24.0 Å². The third-order valence-electron chi connectivity index (χ3n) is 4.30. The molecule has 2 N–H and O–H groups in total. The van der Waals surface area contributed by atoms with E-state index in [-0.39, 0.29) is 24.0 Å². The van der Waals surface area contributed by atoms with Crippen LogP contribution in [0.3, 0.4) is 0 Å². The van der Waals surface area contributed by atoms with Crippen LogP contribution in [0.1, 0.15) is 38.4 Å². The molecule has 24 heavy (non-hydrogen) atoms. The highest BCUT2D eigenvalue weighted by Gasteiger charge is 2.08. The van der Waals surface area contributed by atoms with E-state index in [1.807, 2.05) is 7.05 Å². The molecule has 0 unspecified atom stereocenters. The number of nitrogens with zero attached hydrogens (tertiary/aromatic N) is 5. The van der Waals surface area contributed by atoms with Crippen molar-refractivity contribution in [2.45, 2.75) is 45.6 Å². The minimum absolute atomic E-state index is 0. The second-order valence-electron chi connectivity index (χ2n) is 5.98. The van der Waals surface area contributed by atoms with E-state index in [2.05, 4.69) is 42.2 Å². The zero-order valence-corrected chi connectivity index (χ0v) is 17.3. The maximum Gasteiger partial charge on any atom is 0.191 e. The number of aliphatic imine (C=N–C) groups is 1. The number of likely N-dealkylation sites (tertiary alicyclic amines) is 1. The summed E-state index contributed by atoms with van der Waals surface area (Å²) in [6, 6.07) is 0. The lowest BCUT2D eigenvalue weighted by molar-refractivity contribution is 0.289. The molecular weight excluding hydrogens is 417 g/mol. The van der Waals surface area contributed by atoms with Crippen molar-refractivity contribution in [2.75, 3.05) is 39.8 Å². The van der Waals surface area contributed by atoms with Gasteiger partial charge in [-0.05, 0) is 25.9 Å². The summed E-state index contributed by atoms with van der Waals surface area (Å²) in [6.07, 6.45) is 8.14. The summed E-state index contributed by atoms with van der Waals surface area (Å²) in [5.41, 5.74) is 0. The van der Waals surface area contributed by atoms with E-state index in [1.165, 1.54) is 38.8 Å². The molecule has 7 nitrogen and oxygen atoms in total. The minimum atomic E-state index is 0. The molecule has 0 aromatic carbocycles. The highest BCUT2D eigenvalue weighted by Crippen LogP contribution is 2.08. The van der Waals surface area contributed by atoms with Gasteiger partial charge in [-0.3, -0.25) is 4.99 Å². The Bertz CT molecular complexity index is 467. The highest BCUT2D eigenvalue weighted by atomic mass is 127. The smallest absolute Gasteiger partial charge is 0.191 e. The Hall–Kier alpha value is -0.900. The first-order valence-corrected chi connectivity index (χ1v) is 8.87. The van der Waals surface area contributed by atoms with Gasteiger partial charge in [0.15, 0.2) is 5.96 Å². The van der Waals surface area contributed by atoms with Crippen molar-refractivity contribution in [3.8, 4) is 0 Å². The zero-order chi connectivity index (χ0) is 16.3. The van der Waals surface area contributed by atoms with E-state index in [0.29, 0.717) is 0 Å². The van der Waals surface area contributed by atoms with Crippen LogP contribution in [0.4, 0.5) is 0 Å². The lowest BCUT2D eigenvalue weighted by Crippen LogP contribution is -2.42. The van der Waals surface area contributed by atoms with Gasteiger partial charge in [0.25, 0.3) is 0 Å². The number of rotatable bonds is 7. The molecule has 0 aliphatic carbocycles. The SMILES string of the molecule is CCc1nncn1CCNC(=NC)NCCN1CCCCCC1.I. The first-order chi connectivity index (χ1) is 11.3. The molecule has 0 amide bonds. The average molecular weight is 449 g/mol. The number of aromatic nitrogens is 3. The molecule has 1 aromatic rings. The second-order valence-corrected chi connectivity index (χ2v) is 5.98. The molecule has 2 rings (SSSR count). The lowest BCUT2D eigenvalue weighted by Gasteiger charge is -2.20. The summed E-state index contributed by atoms with van der Waals surface area (Å²) in [5, 5.41) is 14.8. The molecule has 2 heterocycles. The van der Waals surface area contributed by atoms with Crippen molar-refractivity contribution in [2.24, 2.45) is 4.99 Å². The molecule has 1 saturated heterocycles. The van der Waals surface area contributed by atoms with Gasteiger partial charge in [0.1, 0.15) is 12.2 Å². The predicted octanol–water partition coefficient (Wildman–Crippen LogP) is 1.50. The first-order valence-electron chi connectivity index (χ1n) is 8.87. The molecule has 1 aliphatic rings. The summed E-state index contributed by atoms with van der Waals surface area (Å²) in [4.78, 5) is 6.84. The second kappa shape index (κ2) is 12.5. The van der Waals surface area contributed by atoms with E-state index >= 15 is 0 Å². The molecule has 0 spiro atoms. The van der Waals surface area contributed by atoms with Crippen LogP contribution in [0, 0.1) is 0 Å². The molecule has 8 heteroatoms. The summed E-state index contributed by atoms with van der Waals surface area (Å²) in [7, 11) is 1.82. The van der Waals surface area contributed by atoms with Crippen LogP contribution in [0.25, 0.3) is 0 Å². The minimum Gasteiger partial charge on any atom is -0.355 e. The summed E-state index contributed by atoms with van der Waals surface area (Å²) in [5.74, 6) is 1.89. The summed E-state index contributed by atoms with van der Waals surface area (Å²) in [6.45, 7) is 8.26. The van der Waals surface area contributed by atoms with Crippen molar-refractivity contribution in [3.63, 3.8) is 0 Å². The molecule has 0 atom stereocenters. The highest BCUT2D eigenvalue weighted by molar-refractivity contribution is 14.0. The van der Waals surface area contributed by atoms with Crippen LogP contribution < -0.4 is 10.6 Å². The lowest BCUT2D eigenvalue weighted by atomic mass is 10.2. The average Bonchev–Trinajstić information content (AvgIpc) is 2.87. The normalized spacial score (nSPS) is 16.3. The van der Waals surface area contributed by atoms with E-state index < -0.39 is 0 Å². The van der Waals surface area contributed by atoms with E-state index in [1.54, 1.807) is 6.33 Å². The van der Waals surface area contributed by atoms with E-state index in [4.69, 9.17) is 0 Å². The summed E-state index contributed by atoms with van der Waals surface area (Å²) < 4.78 is 2.08. The van der Waals surface area contributed by atoms with Crippen molar-refractivity contribution in [3.05, 3.63) is 12.2 Å². The third-order valence-corrected chi connectivity index (χ3v) is 4.30. The molecule has 0 saturated carbocycles. The van der Waals surface area contributed by atoms with Gasteiger partial charge in [-0.15, -0.1) is 34.2 Å². The number of hydrogen-bond acceptors (Lipinski definition) is 4. The van der Waals surface area contributed by atoms with Crippen LogP contribution in [-0.2, 0) is 13.0 Å². The van der Waals surface area contributed by atoms with E-state index in [9.17, 15) is 0 Å². The van der Waals surface area contributed by atoms with Crippen molar-refractivity contribution >= 4 is 29.9 Å². The van der Waals surface area contributed by atoms with Crippen LogP contribution in [-0.4, -0.2) is 65.4 Å². The maximum absolute atomic E-state index is 4.29. The quantitative estimate of drug-likeness (QED) is 0.375.